The molecule has 116 valence electrons. The van der Waals surface area contributed by atoms with E-state index in [1.807, 2.05) is 0 Å². The molecule has 21 heavy (non-hydrogen) atoms. The Morgan fingerprint density at radius 3 is 1.81 bits per heavy atom. The van der Waals surface area contributed by atoms with Gasteiger partial charge in [-0.2, -0.15) is 26.3 Å². The van der Waals surface area contributed by atoms with Crippen molar-refractivity contribution in [2.45, 2.75) is 17.8 Å². The Labute approximate surface area is 112 Å². The highest BCUT2D eigenvalue weighted by atomic mass is 19.3. The van der Waals surface area contributed by atoms with Crippen molar-refractivity contribution in [2.24, 2.45) is 0 Å². The number of carboxylic acid groups (broad SMARTS) is 1. The van der Waals surface area contributed by atoms with Crippen LogP contribution in [0, 0.1) is 0 Å². The normalized spacial score (nSPS) is 12.9. The minimum atomic E-state index is -6.54. The van der Waals surface area contributed by atoms with Crippen LogP contribution in [0.15, 0.2) is 30.3 Å². The summed E-state index contributed by atoms with van der Waals surface area (Å²) in [5.41, 5.74) is 0. The highest BCUT2D eigenvalue weighted by Gasteiger charge is 2.76. The topological polar surface area (TPSA) is 66.4 Å². The van der Waals surface area contributed by atoms with Gasteiger partial charge in [-0.15, -0.1) is 0 Å². The first-order chi connectivity index (χ1) is 9.44. The fourth-order valence-electron chi connectivity index (χ4n) is 1.11. The summed E-state index contributed by atoms with van der Waals surface area (Å²) < 4.78 is 81.3. The van der Waals surface area contributed by atoms with Crippen LogP contribution in [0.1, 0.15) is 0 Å². The van der Waals surface area contributed by atoms with Gasteiger partial charge in [0.2, 0.25) is 0 Å². The van der Waals surface area contributed by atoms with E-state index in [0.717, 1.165) is 12.1 Å². The number of carbonyl (C=O) groups excluding carboxylic acids is 2. The number of carbonyl (C=O) groups is 2. The summed E-state index contributed by atoms with van der Waals surface area (Å²) in [7, 11) is 0. The Hall–Kier alpha value is -2.26. The molecule has 0 spiro atoms. The standard InChI is InChI=1S/C11H6F6O4/c12-9(13,7(18)19)11(16,17)10(14,15)8(20)21-6-4-2-1-3-5-6/h1-5H,(H,18,19)/p-1. The van der Waals surface area contributed by atoms with Crippen LogP contribution in [0.5, 0.6) is 5.75 Å². The van der Waals surface area contributed by atoms with E-state index in [4.69, 9.17) is 0 Å². The van der Waals surface area contributed by atoms with E-state index >= 15 is 0 Å². The molecule has 0 amide bonds. The summed E-state index contributed by atoms with van der Waals surface area (Å²) in [5.74, 6) is -26.3. The van der Waals surface area contributed by atoms with Crippen molar-refractivity contribution in [2.75, 3.05) is 0 Å². The summed E-state index contributed by atoms with van der Waals surface area (Å²) in [6.07, 6.45) is 0. The lowest BCUT2D eigenvalue weighted by molar-refractivity contribution is -0.365. The molecule has 1 rings (SSSR count). The fraction of sp³-hybridized carbons (Fsp3) is 0.273. The van der Waals surface area contributed by atoms with E-state index in [-0.39, 0.29) is 0 Å². The molecule has 0 radical (unpaired) electrons. The summed E-state index contributed by atoms with van der Waals surface area (Å²) in [6.45, 7) is 0. The van der Waals surface area contributed by atoms with Crippen LogP contribution in [0.4, 0.5) is 26.3 Å². The van der Waals surface area contributed by atoms with Crippen LogP contribution in [-0.4, -0.2) is 29.7 Å². The van der Waals surface area contributed by atoms with E-state index in [0.29, 0.717) is 0 Å². The number of ether oxygens (including phenoxy) is 1. The van der Waals surface area contributed by atoms with E-state index in [1.165, 1.54) is 18.2 Å². The second-order valence-corrected chi connectivity index (χ2v) is 3.71. The van der Waals surface area contributed by atoms with Gasteiger partial charge in [0, 0.05) is 0 Å². The second kappa shape index (κ2) is 5.26. The van der Waals surface area contributed by atoms with Crippen LogP contribution >= 0.6 is 0 Å². The van der Waals surface area contributed by atoms with Crippen molar-refractivity contribution in [1.29, 1.82) is 0 Å². The number of para-hydroxylation sites is 1. The third kappa shape index (κ3) is 2.78. The van der Waals surface area contributed by atoms with Crippen molar-refractivity contribution in [3.05, 3.63) is 30.3 Å². The number of esters is 1. The Kier molecular flexibility index (Phi) is 4.21. The molecule has 0 unspecified atom stereocenters. The molecule has 1 aromatic carbocycles. The number of hydrogen-bond donors (Lipinski definition) is 0. The van der Waals surface area contributed by atoms with E-state index in [9.17, 15) is 41.0 Å². The predicted molar refractivity (Wildman–Crippen MR) is 51.9 cm³/mol. The Morgan fingerprint density at radius 1 is 0.905 bits per heavy atom. The average Bonchev–Trinajstić information content (AvgIpc) is 2.39. The molecule has 0 saturated carbocycles. The zero-order valence-corrected chi connectivity index (χ0v) is 9.79. The predicted octanol–water partition coefficient (Wildman–Crippen LogP) is 1.25. The SMILES string of the molecule is O=C([O-])C(F)(F)C(F)(F)C(F)(F)C(=O)Oc1ccccc1. The first kappa shape index (κ1) is 16.8. The summed E-state index contributed by atoms with van der Waals surface area (Å²) >= 11 is 0. The molecule has 4 nitrogen and oxygen atoms in total. The van der Waals surface area contributed by atoms with Crippen molar-refractivity contribution in [3.63, 3.8) is 0 Å². The molecule has 10 heteroatoms. The molecule has 0 aliphatic rings. The van der Waals surface area contributed by atoms with Gasteiger partial charge in [0.25, 0.3) is 0 Å². The highest BCUT2D eigenvalue weighted by molar-refractivity contribution is 5.84. The maximum absolute atomic E-state index is 13.1. The van der Waals surface area contributed by atoms with Gasteiger partial charge in [-0.05, 0) is 12.1 Å². The number of benzene rings is 1. The maximum Gasteiger partial charge on any atom is 0.411 e. The summed E-state index contributed by atoms with van der Waals surface area (Å²) in [6, 6.07) is 5.59. The van der Waals surface area contributed by atoms with Crippen LogP contribution in [0.3, 0.4) is 0 Å². The molecule has 0 atom stereocenters. The Balaban J connectivity index is 3.09. The first-order valence-corrected chi connectivity index (χ1v) is 5.07. The number of carboxylic acids is 1. The molecule has 1 aromatic rings. The third-order valence-corrected chi connectivity index (χ3v) is 2.26. The Bertz CT molecular complexity index is 543. The zero-order valence-electron chi connectivity index (χ0n) is 9.79. The lowest BCUT2D eigenvalue weighted by Crippen LogP contribution is -2.64. The lowest BCUT2D eigenvalue weighted by atomic mass is 10.0. The monoisotopic (exact) mass is 315 g/mol. The molecule has 0 saturated heterocycles. The van der Waals surface area contributed by atoms with Crippen molar-refractivity contribution in [3.8, 4) is 5.75 Å². The van der Waals surface area contributed by atoms with Gasteiger partial charge in [-0.25, -0.2) is 4.79 Å². The number of hydrogen-bond acceptors (Lipinski definition) is 4. The minimum absolute atomic E-state index is 0.616. The van der Waals surface area contributed by atoms with E-state index in [2.05, 4.69) is 4.74 Å². The maximum atomic E-state index is 13.1. The molecule has 0 fully saturated rings. The molecule has 0 aliphatic heterocycles. The van der Waals surface area contributed by atoms with Gasteiger partial charge in [-0.1, -0.05) is 18.2 Å². The molecule has 0 aromatic heterocycles. The number of alkyl halides is 6. The number of halogens is 6. The van der Waals surface area contributed by atoms with Gasteiger partial charge in [0.05, 0.1) is 0 Å². The second-order valence-electron chi connectivity index (χ2n) is 3.71. The third-order valence-electron chi connectivity index (χ3n) is 2.26. The van der Waals surface area contributed by atoms with E-state index < -0.39 is 35.5 Å². The fourth-order valence-corrected chi connectivity index (χ4v) is 1.11. The van der Waals surface area contributed by atoms with Gasteiger partial charge in [-0.3, -0.25) is 0 Å². The van der Waals surface area contributed by atoms with E-state index in [1.54, 1.807) is 0 Å². The van der Waals surface area contributed by atoms with Crippen LogP contribution in [0.2, 0.25) is 0 Å². The first-order valence-electron chi connectivity index (χ1n) is 5.07. The largest absolute Gasteiger partial charge is 0.544 e. The van der Waals surface area contributed by atoms with Crippen molar-refractivity contribution >= 4 is 11.9 Å². The quantitative estimate of drug-likeness (QED) is 0.466. The number of rotatable bonds is 5. The smallest absolute Gasteiger partial charge is 0.411 e. The van der Waals surface area contributed by atoms with Crippen LogP contribution in [0.25, 0.3) is 0 Å². The molecule has 0 N–H and O–H groups in total. The summed E-state index contributed by atoms with van der Waals surface area (Å²) in [4.78, 5) is 20.8. The average molecular weight is 315 g/mol. The minimum Gasteiger partial charge on any atom is -0.544 e. The highest BCUT2D eigenvalue weighted by Crippen LogP contribution is 2.46. The van der Waals surface area contributed by atoms with Gasteiger partial charge in [0.1, 0.15) is 11.7 Å². The van der Waals surface area contributed by atoms with Crippen LogP contribution < -0.4 is 9.84 Å². The molecule has 0 heterocycles. The van der Waals surface area contributed by atoms with Crippen molar-refractivity contribution < 1.29 is 45.8 Å². The number of aliphatic carboxylic acids is 1. The Morgan fingerprint density at radius 2 is 1.38 bits per heavy atom. The molecular weight excluding hydrogens is 310 g/mol. The van der Waals surface area contributed by atoms with Gasteiger partial charge >= 0.3 is 23.7 Å². The summed E-state index contributed by atoms with van der Waals surface area (Å²) in [5, 5.41) is 9.87. The van der Waals surface area contributed by atoms with Crippen molar-refractivity contribution in [1.82, 2.24) is 0 Å². The zero-order chi connectivity index (χ0) is 16.5. The van der Waals surface area contributed by atoms with Gasteiger partial charge < -0.3 is 14.6 Å². The lowest BCUT2D eigenvalue weighted by Gasteiger charge is -2.31. The molecular formula is C11H5F6O4-. The molecule has 0 bridgehead atoms. The molecule has 0 aliphatic carbocycles. The van der Waals surface area contributed by atoms with Crippen LogP contribution in [-0.2, 0) is 9.59 Å². The van der Waals surface area contributed by atoms with Gasteiger partial charge in [0.15, 0.2) is 0 Å².